The van der Waals surface area contributed by atoms with E-state index in [0.717, 1.165) is 161 Å². The summed E-state index contributed by atoms with van der Waals surface area (Å²) < 4.78 is 0. The molecule has 0 atom stereocenters. The van der Waals surface area contributed by atoms with Crippen molar-refractivity contribution < 1.29 is 38.4 Å². The number of hydrogen-bond acceptors (Lipinski definition) is 20. The Morgan fingerprint density at radius 3 is 0.924 bits per heavy atom. The third-order valence-corrected chi connectivity index (χ3v) is 25.1. The quantitative estimate of drug-likeness (QED) is 0.0240. The summed E-state index contributed by atoms with van der Waals surface area (Å²) in [5.41, 5.74) is 24.2. The third kappa shape index (κ3) is 20.5. The standard InChI is InChI=1S/C28H29N7O2.C28H28N6O2.C27H27N7O2.C25H24N8O2/c1-5-35(6-2)28(37)20-8-7-9-23-21(20)12-24(32-23)25-22-11-18(14-30-26(22)34-33-25)17-10-19(15-29-13-17)31-27(36)16(3)4;1-4-20(35)13-19-11-10-17(15-29-19)18-12-23-26(32-33-27(23)30-16-18)25-14-22-21(8-7-9-24(22)31-25)28(36)34(5-2)6-3;1-4-24(35)30-18-10-16(13-28-15-18)17-11-21-25(32-33-26(21)29-14-17)23-12-20-19(8-7-9-22(20)31-23)27(36)34(5-2)6-3;1-32(2)24(34)17-6-5-7-20-18(17)10-21(29-20)22-19-9-15(12-27-23(19)31-30-22)14-8-16(13-26-11-14)28-25(35)33(3)4/h7-16,32H,5-6H2,1-4H3,(H,31,36)(H,30,33,34);7-12,14-16,31H,4-6,13H2,1-3H3,(H,30,32,33);7-15,31H,4-6H2,1-3H3,(H,30,35)(H,29,32,33);5-13,29H,1-4H3,(H,28,35)(H,27,30,31). The number of fused-ring (bicyclic) bond motifs is 8. The molecule has 8 amide bonds. The summed E-state index contributed by atoms with van der Waals surface area (Å²) in [7, 11) is 6.82. The number of anilines is 3. The van der Waals surface area contributed by atoms with Gasteiger partial charge in [-0.25, -0.2) is 24.7 Å². The van der Waals surface area contributed by atoms with Crippen LogP contribution in [0.1, 0.15) is 129 Å². The van der Waals surface area contributed by atoms with E-state index in [-0.39, 0.29) is 53.2 Å². The molecule has 20 rings (SSSR count). The summed E-state index contributed by atoms with van der Waals surface area (Å²) in [6.07, 6.45) is 20.0. The van der Waals surface area contributed by atoms with Crippen molar-refractivity contribution in [3.8, 4) is 90.1 Å². The fourth-order valence-corrected chi connectivity index (χ4v) is 17.0. The van der Waals surface area contributed by atoms with Crippen molar-refractivity contribution in [1.82, 2.24) is 125 Å². The Labute approximate surface area is 826 Å². The van der Waals surface area contributed by atoms with Crippen LogP contribution in [-0.4, -0.2) is 240 Å². The highest BCUT2D eigenvalue weighted by Crippen LogP contribution is 2.40. The number of aromatic nitrogens is 20. The molecule has 0 unspecified atom stereocenters. The number of benzene rings is 4. The summed E-state index contributed by atoms with van der Waals surface area (Å²) in [6, 6.07) is 47.9. The molecule has 728 valence electrons. The first-order chi connectivity index (χ1) is 69.7. The number of Topliss-reactive ketones (excluding diaryl/α,β-unsaturated/α-hetero) is 1. The molecule has 0 fully saturated rings. The number of nitrogens with zero attached hydrogens (tertiary/aromatic N) is 17. The van der Waals surface area contributed by atoms with Crippen LogP contribution in [0.3, 0.4) is 0 Å². The van der Waals surface area contributed by atoms with Crippen molar-refractivity contribution in [1.29, 1.82) is 0 Å². The normalized spacial score (nSPS) is 11.2. The fourth-order valence-electron chi connectivity index (χ4n) is 17.0. The Hall–Kier alpha value is -18.1. The van der Waals surface area contributed by atoms with Gasteiger partial charge in [0.1, 0.15) is 5.78 Å². The zero-order valence-corrected chi connectivity index (χ0v) is 82.1. The van der Waals surface area contributed by atoms with E-state index in [9.17, 15) is 38.4 Å². The Bertz CT molecular complexity index is 8240. The van der Waals surface area contributed by atoms with Gasteiger partial charge in [0.15, 0.2) is 22.6 Å². The fraction of sp³-hybridized carbons (Fsp3) is 0.222. The second-order valence-corrected chi connectivity index (χ2v) is 35.1. The maximum Gasteiger partial charge on any atom is 0.321 e. The number of pyridine rings is 8. The number of aromatic amines is 8. The van der Waals surface area contributed by atoms with Gasteiger partial charge in [0.05, 0.1) is 81.2 Å². The minimum absolute atomic E-state index is 0.0107. The molecule has 144 heavy (non-hydrogen) atoms. The van der Waals surface area contributed by atoms with E-state index >= 15 is 0 Å². The molecule has 0 bridgehead atoms. The lowest BCUT2D eigenvalue weighted by Gasteiger charge is -2.18. The highest BCUT2D eigenvalue weighted by Gasteiger charge is 2.27. The molecule has 0 spiro atoms. The van der Waals surface area contributed by atoms with Gasteiger partial charge in [0.25, 0.3) is 23.6 Å². The molecule has 36 nitrogen and oxygen atoms in total. The van der Waals surface area contributed by atoms with E-state index < -0.39 is 0 Å². The van der Waals surface area contributed by atoms with E-state index in [1.54, 1.807) is 108 Å². The van der Waals surface area contributed by atoms with Crippen molar-refractivity contribution in [2.24, 2.45) is 5.92 Å². The SMILES string of the molecule is CCC(=O)Cc1ccc(-c2cnc3n[nH]c(-c4cc5c(C(=O)N(CC)CC)cccc5[nH]4)c3c2)cn1.CCC(=O)Nc1cncc(-c2cnc3n[nH]c(-c4cc5c(C(=O)N(CC)CC)cccc5[nH]4)c3c2)c1.CCN(CC)C(=O)c1cccc2[nH]c(-c3[nH]nc4ncc(-c5cncc(NC(=O)C(C)C)c5)cc34)cc12.CN(C)C(=O)Nc1cncc(-c2cnc3n[nH]c(-c4cc5c(C(=O)N(C)C)cccc5[nH]4)c3c2)c1. The minimum Gasteiger partial charge on any atom is -0.353 e. The molecule has 0 aliphatic carbocycles. The molecule has 0 saturated carbocycles. The Morgan fingerprint density at radius 1 is 0.312 bits per heavy atom. The van der Waals surface area contributed by atoms with Gasteiger partial charge in [0.2, 0.25) is 11.8 Å². The second kappa shape index (κ2) is 42.7. The molecular formula is C108H108N28O8. The molecule has 0 saturated heterocycles. The van der Waals surface area contributed by atoms with Gasteiger partial charge in [-0.3, -0.25) is 73.9 Å². The molecular weight excluding hydrogens is 1820 g/mol. The summed E-state index contributed by atoms with van der Waals surface area (Å²) in [5.74, 6) is -0.122. The average molecular weight is 1930 g/mol. The maximum absolute atomic E-state index is 13.1. The van der Waals surface area contributed by atoms with E-state index in [0.29, 0.717) is 120 Å². The molecule has 36 heteroatoms. The van der Waals surface area contributed by atoms with Gasteiger partial charge in [-0.05, 0) is 163 Å². The lowest BCUT2D eigenvalue weighted by atomic mass is 10.1. The number of nitrogens with one attached hydrogen (secondary N) is 11. The second-order valence-electron chi connectivity index (χ2n) is 35.1. The van der Waals surface area contributed by atoms with Gasteiger partial charge in [-0.2, -0.15) is 20.4 Å². The third-order valence-electron chi connectivity index (χ3n) is 25.1. The number of ketones is 1. The van der Waals surface area contributed by atoms with E-state index in [4.69, 9.17) is 0 Å². The molecule has 4 aromatic carbocycles. The van der Waals surface area contributed by atoms with E-state index in [2.05, 4.69) is 117 Å². The summed E-state index contributed by atoms with van der Waals surface area (Å²) in [5, 5.41) is 45.2. The average Bonchev–Trinajstić information content (AvgIpc) is 1.63. The van der Waals surface area contributed by atoms with Crippen LogP contribution in [0.4, 0.5) is 21.9 Å². The van der Waals surface area contributed by atoms with Crippen LogP contribution in [0.5, 0.6) is 0 Å². The number of urea groups is 1. The van der Waals surface area contributed by atoms with Crippen molar-refractivity contribution >= 4 is 152 Å². The lowest BCUT2D eigenvalue weighted by Crippen LogP contribution is -2.30. The Kier molecular flexibility index (Phi) is 28.9. The number of carbonyl (C=O) groups excluding carboxylic acids is 8. The Balaban J connectivity index is 0.000000132. The molecule has 20 aromatic rings. The van der Waals surface area contributed by atoms with Crippen molar-refractivity contribution in [3.63, 3.8) is 0 Å². The summed E-state index contributed by atoms with van der Waals surface area (Å²) in [6.45, 7) is 23.2. The molecule has 0 aliphatic rings. The van der Waals surface area contributed by atoms with Crippen molar-refractivity contribution in [3.05, 3.63) is 248 Å². The van der Waals surface area contributed by atoms with Gasteiger partial charge in [-0.1, -0.05) is 58.0 Å². The van der Waals surface area contributed by atoms with Crippen LogP contribution in [0, 0.1) is 5.92 Å². The van der Waals surface area contributed by atoms with Crippen LogP contribution in [0.15, 0.2) is 220 Å². The molecule has 16 heterocycles. The number of carbonyl (C=O) groups is 8. The first-order valence-electron chi connectivity index (χ1n) is 47.6. The van der Waals surface area contributed by atoms with Crippen LogP contribution < -0.4 is 16.0 Å². The highest BCUT2D eigenvalue weighted by molar-refractivity contribution is 6.13. The van der Waals surface area contributed by atoms with Gasteiger partial charge in [-0.15, -0.1) is 0 Å². The minimum atomic E-state index is -0.236. The lowest BCUT2D eigenvalue weighted by molar-refractivity contribution is -0.119. The summed E-state index contributed by atoms with van der Waals surface area (Å²) >= 11 is 0. The van der Waals surface area contributed by atoms with Crippen LogP contribution in [0.2, 0.25) is 0 Å². The zero-order chi connectivity index (χ0) is 101. The topological polar surface area (TPSA) is 470 Å². The monoisotopic (exact) mass is 1920 g/mol. The number of rotatable bonds is 26. The number of hydrogen-bond donors (Lipinski definition) is 11. The highest BCUT2D eigenvalue weighted by atomic mass is 16.2. The molecule has 16 aromatic heterocycles. The predicted octanol–water partition coefficient (Wildman–Crippen LogP) is 19.4. The zero-order valence-electron chi connectivity index (χ0n) is 82.1. The first-order valence-corrected chi connectivity index (χ1v) is 47.6. The summed E-state index contributed by atoms with van der Waals surface area (Å²) in [4.78, 5) is 157. The van der Waals surface area contributed by atoms with Crippen LogP contribution in [0.25, 0.3) is 178 Å². The molecule has 0 aliphatic heterocycles. The van der Waals surface area contributed by atoms with Gasteiger partial charge in [0, 0.05) is 280 Å². The van der Waals surface area contributed by atoms with Crippen LogP contribution >= 0.6 is 0 Å². The van der Waals surface area contributed by atoms with Crippen molar-refractivity contribution in [2.75, 3.05) is 83.4 Å². The van der Waals surface area contributed by atoms with Crippen LogP contribution in [-0.2, 0) is 20.8 Å². The van der Waals surface area contributed by atoms with E-state index in [1.807, 2.05) is 229 Å². The maximum atomic E-state index is 13.1. The largest absolute Gasteiger partial charge is 0.353 e. The van der Waals surface area contributed by atoms with Gasteiger partial charge < -0.3 is 60.4 Å². The first kappa shape index (κ1) is 97.5. The number of H-pyrrole nitrogens is 8. The number of amides is 8. The molecule has 11 N–H and O–H groups in total. The smallest absolute Gasteiger partial charge is 0.321 e. The van der Waals surface area contributed by atoms with Crippen molar-refractivity contribution in [2.45, 2.75) is 88.5 Å². The predicted molar refractivity (Wildman–Crippen MR) is 562 cm³/mol. The van der Waals surface area contributed by atoms with E-state index in [1.165, 1.54) is 4.90 Å². The molecule has 0 radical (unpaired) electrons. The Morgan fingerprint density at radius 2 is 0.625 bits per heavy atom. The van der Waals surface area contributed by atoms with Gasteiger partial charge >= 0.3 is 6.03 Å².